The highest BCUT2D eigenvalue weighted by Gasteiger charge is 2.63. The number of nitrogens with zero attached hydrogens (tertiary/aromatic N) is 1. The summed E-state index contributed by atoms with van der Waals surface area (Å²) in [5, 5.41) is 6.85. The Morgan fingerprint density at radius 1 is 1.05 bits per heavy atom. The molecule has 0 spiro atoms. The van der Waals surface area contributed by atoms with Crippen molar-refractivity contribution in [1.29, 1.82) is 0 Å². The number of fused-ring (bicyclic) bond motifs is 5. The molecule has 4 aliphatic carbocycles. The van der Waals surface area contributed by atoms with E-state index >= 15 is 0 Å². The summed E-state index contributed by atoms with van der Waals surface area (Å²) >= 11 is 0. The first-order chi connectivity index (χ1) is 17.7. The molecule has 4 saturated carbocycles. The van der Waals surface area contributed by atoms with Crippen molar-refractivity contribution < 1.29 is 9.59 Å². The highest BCUT2D eigenvalue weighted by Crippen LogP contribution is 2.67. The number of amides is 1. The Balaban J connectivity index is 1.36. The van der Waals surface area contributed by atoms with Gasteiger partial charge in [0.1, 0.15) is 5.78 Å². The number of ketones is 1. The van der Waals surface area contributed by atoms with E-state index in [0.29, 0.717) is 47.3 Å². The standard InChI is InChI=1S/C32H57N3O2/c1-7-33-24-16-17-31(5)23(20-24)11-12-25-27-14-13-26(32(27,6)29(36)21-28(25)31)22(4)10-15-30(37)34-18-19-35(8-2)9-3/h22-28,33H,7-21H2,1-6H3,(H,34,37)/t22-,23-,24+,25+,26-,27+,28+,31+,32-/m1/s1. The number of hydrogen-bond donors (Lipinski definition) is 2. The molecule has 37 heavy (non-hydrogen) atoms. The van der Waals surface area contributed by atoms with Crippen molar-refractivity contribution in [1.82, 2.24) is 15.5 Å². The summed E-state index contributed by atoms with van der Waals surface area (Å²) in [7, 11) is 0. The fourth-order valence-electron chi connectivity index (χ4n) is 9.92. The molecule has 4 aliphatic rings. The summed E-state index contributed by atoms with van der Waals surface area (Å²) in [5.41, 5.74) is 0.169. The molecule has 5 heteroatoms. The lowest BCUT2D eigenvalue weighted by Gasteiger charge is -2.60. The molecule has 0 aromatic heterocycles. The van der Waals surface area contributed by atoms with Crippen molar-refractivity contribution in [3.8, 4) is 0 Å². The lowest BCUT2D eigenvalue weighted by atomic mass is 9.44. The molecule has 0 unspecified atom stereocenters. The van der Waals surface area contributed by atoms with E-state index in [9.17, 15) is 9.59 Å². The van der Waals surface area contributed by atoms with Crippen LogP contribution in [-0.2, 0) is 9.59 Å². The maximum Gasteiger partial charge on any atom is 0.220 e. The number of Topliss-reactive ketones (excluding diaryl/α,β-unsaturated/α-hetero) is 1. The largest absolute Gasteiger partial charge is 0.355 e. The van der Waals surface area contributed by atoms with Gasteiger partial charge in [0.2, 0.25) is 5.91 Å². The van der Waals surface area contributed by atoms with Crippen LogP contribution in [0.5, 0.6) is 0 Å². The van der Waals surface area contributed by atoms with Crippen molar-refractivity contribution in [2.24, 2.45) is 46.3 Å². The molecule has 9 atom stereocenters. The van der Waals surface area contributed by atoms with Crippen LogP contribution < -0.4 is 10.6 Å². The van der Waals surface area contributed by atoms with Crippen LogP contribution in [0.1, 0.15) is 106 Å². The highest BCUT2D eigenvalue weighted by molar-refractivity contribution is 5.87. The Labute approximate surface area is 227 Å². The van der Waals surface area contributed by atoms with E-state index in [1.54, 1.807) is 0 Å². The molecular formula is C32H57N3O2. The summed E-state index contributed by atoms with van der Waals surface area (Å²) in [4.78, 5) is 29.0. The van der Waals surface area contributed by atoms with Gasteiger partial charge in [-0.2, -0.15) is 0 Å². The molecular weight excluding hydrogens is 458 g/mol. The Kier molecular flexibility index (Phi) is 9.47. The molecule has 0 aromatic rings. The van der Waals surface area contributed by atoms with E-state index < -0.39 is 0 Å². The van der Waals surface area contributed by atoms with Crippen LogP contribution in [0.2, 0.25) is 0 Å². The molecule has 0 bridgehead atoms. The third kappa shape index (κ3) is 5.55. The van der Waals surface area contributed by atoms with E-state index in [2.05, 4.69) is 57.1 Å². The van der Waals surface area contributed by atoms with E-state index in [4.69, 9.17) is 0 Å². The van der Waals surface area contributed by atoms with Gasteiger partial charge in [-0.15, -0.1) is 0 Å². The molecule has 4 rings (SSSR count). The van der Waals surface area contributed by atoms with Crippen molar-refractivity contribution in [3.05, 3.63) is 0 Å². The molecule has 1 amide bonds. The molecule has 0 saturated heterocycles. The zero-order valence-electron chi connectivity index (χ0n) is 24.9. The number of rotatable bonds is 11. The quantitative estimate of drug-likeness (QED) is 0.372. The SMILES string of the molecule is CCN[C@H]1CC[C@@]2(C)[C@H](CC[C@@H]3[C@@H]2CC(=O)[C@]2(C)[C@@H]([C@H](C)CCC(=O)NCCN(CC)CC)CC[C@@H]32)C1. The highest BCUT2D eigenvalue weighted by atomic mass is 16.1. The predicted molar refractivity (Wildman–Crippen MR) is 152 cm³/mol. The van der Waals surface area contributed by atoms with Gasteiger partial charge in [-0.25, -0.2) is 0 Å². The second-order valence-electron chi connectivity index (χ2n) is 13.7. The first-order valence-corrected chi connectivity index (χ1v) is 15.9. The predicted octanol–water partition coefficient (Wildman–Crippen LogP) is 5.68. The van der Waals surface area contributed by atoms with E-state index in [-0.39, 0.29) is 11.3 Å². The smallest absolute Gasteiger partial charge is 0.220 e. The number of nitrogens with one attached hydrogen (secondary N) is 2. The van der Waals surface area contributed by atoms with Crippen LogP contribution >= 0.6 is 0 Å². The third-order valence-corrected chi connectivity index (χ3v) is 12.2. The summed E-state index contributed by atoms with van der Waals surface area (Å²) in [5.74, 6) is 4.24. The summed E-state index contributed by atoms with van der Waals surface area (Å²) in [6, 6.07) is 0.676. The topological polar surface area (TPSA) is 61.4 Å². The Hall–Kier alpha value is -0.940. The summed E-state index contributed by atoms with van der Waals surface area (Å²) < 4.78 is 0. The first-order valence-electron chi connectivity index (χ1n) is 15.9. The van der Waals surface area contributed by atoms with Crippen LogP contribution in [0.15, 0.2) is 0 Å². The van der Waals surface area contributed by atoms with E-state index in [1.807, 2.05) is 0 Å². The van der Waals surface area contributed by atoms with Crippen LogP contribution in [0.3, 0.4) is 0 Å². The average Bonchev–Trinajstić information content (AvgIpc) is 3.25. The second kappa shape index (κ2) is 12.1. The summed E-state index contributed by atoms with van der Waals surface area (Å²) in [6.45, 7) is 18.5. The van der Waals surface area contributed by atoms with E-state index in [1.165, 1.54) is 44.9 Å². The monoisotopic (exact) mass is 515 g/mol. The van der Waals surface area contributed by atoms with Crippen LogP contribution in [0, 0.1) is 46.3 Å². The van der Waals surface area contributed by atoms with Crippen molar-refractivity contribution >= 4 is 11.7 Å². The number of carbonyl (C=O) groups is 2. The second-order valence-corrected chi connectivity index (χ2v) is 13.7. The third-order valence-electron chi connectivity index (χ3n) is 12.2. The molecule has 0 aromatic carbocycles. The normalized spacial score (nSPS) is 40.1. The minimum atomic E-state index is -0.177. The maximum absolute atomic E-state index is 14.1. The zero-order valence-corrected chi connectivity index (χ0v) is 24.9. The maximum atomic E-state index is 14.1. The first kappa shape index (κ1) is 29.1. The van der Waals surface area contributed by atoms with Gasteiger partial charge in [0.25, 0.3) is 0 Å². The van der Waals surface area contributed by atoms with Gasteiger partial charge in [-0.3, -0.25) is 9.59 Å². The molecule has 4 fully saturated rings. The fraction of sp³-hybridized carbons (Fsp3) is 0.938. The number of carbonyl (C=O) groups excluding carboxylic acids is 2. The van der Waals surface area contributed by atoms with Crippen molar-refractivity contribution in [2.75, 3.05) is 32.7 Å². The number of hydrogen-bond acceptors (Lipinski definition) is 4. The van der Waals surface area contributed by atoms with Gasteiger partial charge < -0.3 is 15.5 Å². The Morgan fingerprint density at radius 2 is 1.81 bits per heavy atom. The molecule has 5 nitrogen and oxygen atoms in total. The number of likely N-dealkylation sites (N-methyl/N-ethyl adjacent to an activating group) is 1. The molecule has 212 valence electrons. The lowest BCUT2D eigenvalue weighted by molar-refractivity contribution is -0.158. The van der Waals surface area contributed by atoms with Crippen LogP contribution in [0.4, 0.5) is 0 Å². The Morgan fingerprint density at radius 3 is 2.51 bits per heavy atom. The average molecular weight is 516 g/mol. The molecule has 0 radical (unpaired) electrons. The van der Waals surface area contributed by atoms with Gasteiger partial charge in [0.15, 0.2) is 0 Å². The van der Waals surface area contributed by atoms with Crippen molar-refractivity contribution in [2.45, 2.75) is 112 Å². The molecule has 0 heterocycles. The lowest BCUT2D eigenvalue weighted by Crippen LogP contribution is -2.58. The molecule has 2 N–H and O–H groups in total. The zero-order chi connectivity index (χ0) is 26.8. The fourth-order valence-corrected chi connectivity index (χ4v) is 9.92. The van der Waals surface area contributed by atoms with Gasteiger partial charge in [-0.1, -0.05) is 41.5 Å². The van der Waals surface area contributed by atoms with Crippen LogP contribution in [-0.4, -0.2) is 55.4 Å². The molecule has 0 aliphatic heterocycles. The summed E-state index contributed by atoms with van der Waals surface area (Å²) in [6.07, 6.45) is 11.2. The van der Waals surface area contributed by atoms with E-state index in [0.717, 1.165) is 57.4 Å². The van der Waals surface area contributed by atoms with Gasteiger partial charge >= 0.3 is 0 Å². The van der Waals surface area contributed by atoms with Gasteiger partial charge in [-0.05, 0) is 112 Å². The Bertz CT molecular complexity index is 797. The van der Waals surface area contributed by atoms with Gasteiger partial charge in [0.05, 0.1) is 0 Å². The minimum absolute atomic E-state index is 0.174. The van der Waals surface area contributed by atoms with Crippen LogP contribution in [0.25, 0.3) is 0 Å². The minimum Gasteiger partial charge on any atom is -0.355 e. The van der Waals surface area contributed by atoms with Gasteiger partial charge in [0, 0.05) is 37.4 Å². The van der Waals surface area contributed by atoms with Crippen molar-refractivity contribution in [3.63, 3.8) is 0 Å².